The minimum atomic E-state index is -4.14. The predicted molar refractivity (Wildman–Crippen MR) is 126 cm³/mol. The van der Waals surface area contributed by atoms with Crippen LogP contribution < -0.4 is 10.1 Å². The first-order valence-corrected chi connectivity index (χ1v) is 12.1. The lowest BCUT2D eigenvalue weighted by molar-refractivity contribution is -0.385. The van der Waals surface area contributed by atoms with E-state index in [4.69, 9.17) is 16.3 Å². The van der Waals surface area contributed by atoms with Crippen LogP contribution in [0.3, 0.4) is 0 Å². The normalized spacial score (nSPS) is 12.5. The number of nitro groups is 1. The second kappa shape index (κ2) is 12.1. The molecule has 12 nitrogen and oxygen atoms in total. The van der Waals surface area contributed by atoms with Gasteiger partial charge in [-0.15, -0.1) is 4.40 Å². The molecule has 2 N–H and O–H groups in total. The van der Waals surface area contributed by atoms with Gasteiger partial charge < -0.3 is 20.1 Å². The number of nitrogens with zero attached hydrogens (tertiary/aromatic N) is 5. The van der Waals surface area contributed by atoms with Crippen LogP contribution in [-0.4, -0.2) is 73.0 Å². The maximum absolute atomic E-state index is 12.5. The van der Waals surface area contributed by atoms with Crippen molar-refractivity contribution in [2.45, 2.75) is 23.8 Å². The maximum Gasteiger partial charge on any atom is 0.287 e. The first kappa shape index (κ1) is 26.7. The fraction of sp³-hybridized carbons (Fsp3) is 0.389. The third-order valence-corrected chi connectivity index (χ3v) is 6.09. The van der Waals surface area contributed by atoms with Gasteiger partial charge in [-0.3, -0.25) is 10.1 Å². The summed E-state index contributed by atoms with van der Waals surface area (Å²) in [5.41, 5.74) is -0.319. The summed E-state index contributed by atoms with van der Waals surface area (Å²) in [5, 5.41) is 23.8. The zero-order valence-electron chi connectivity index (χ0n) is 17.7. The highest BCUT2D eigenvalue weighted by atomic mass is 79.9. The number of nitro benzene ring substituents is 1. The summed E-state index contributed by atoms with van der Waals surface area (Å²) in [6, 6.07) is 2.79. The number of ether oxygens (including phenoxy) is 1. The van der Waals surface area contributed by atoms with E-state index >= 15 is 0 Å². The number of rotatable bonds is 12. The van der Waals surface area contributed by atoms with Gasteiger partial charge in [-0.2, -0.15) is 13.4 Å². The van der Waals surface area contributed by atoms with Crippen LogP contribution in [0.25, 0.3) is 0 Å². The van der Waals surface area contributed by atoms with Crippen molar-refractivity contribution in [2.24, 2.45) is 4.40 Å². The maximum atomic E-state index is 12.5. The summed E-state index contributed by atoms with van der Waals surface area (Å²) in [7, 11) is -0.934. The number of halogens is 2. The summed E-state index contributed by atoms with van der Waals surface area (Å²) in [5.74, 6) is 0.222. The van der Waals surface area contributed by atoms with Crippen molar-refractivity contribution in [3.63, 3.8) is 0 Å². The Balaban J connectivity index is 2.10. The van der Waals surface area contributed by atoms with Crippen molar-refractivity contribution >= 4 is 55.4 Å². The number of non-ortho nitro benzene ring substituents is 1. The van der Waals surface area contributed by atoms with Crippen LogP contribution in [0, 0.1) is 10.1 Å². The number of hydrogen-bond donors (Lipinski definition) is 2. The van der Waals surface area contributed by atoms with E-state index in [1.807, 2.05) is 0 Å². The van der Waals surface area contributed by atoms with Crippen LogP contribution in [0.2, 0.25) is 5.28 Å². The second-order valence-corrected chi connectivity index (χ2v) is 9.69. The van der Waals surface area contributed by atoms with Gasteiger partial charge in [0.15, 0.2) is 0 Å². The van der Waals surface area contributed by atoms with E-state index in [0.717, 1.165) is 24.5 Å². The van der Waals surface area contributed by atoms with Crippen LogP contribution in [0.1, 0.15) is 12.8 Å². The first-order valence-electron chi connectivity index (χ1n) is 9.47. The fourth-order valence-corrected chi connectivity index (χ4v) is 3.99. The minimum absolute atomic E-state index is 0.0327. The molecule has 33 heavy (non-hydrogen) atoms. The number of aliphatic hydroxyl groups is 1. The van der Waals surface area contributed by atoms with Crippen molar-refractivity contribution in [3.05, 3.63) is 44.3 Å². The molecule has 2 aromatic rings. The SMILES string of the molecule is CN(C)/C=N\S(=O)(=O)c1ccc([N+](=O)[O-])cc1OCCC[C@@H](CO)Nc1nc(Cl)ncc1Br. The van der Waals surface area contributed by atoms with E-state index in [1.165, 1.54) is 11.1 Å². The Morgan fingerprint density at radius 3 is 2.82 bits per heavy atom. The van der Waals surface area contributed by atoms with Gasteiger partial charge in [0, 0.05) is 26.4 Å². The highest BCUT2D eigenvalue weighted by Gasteiger charge is 2.22. The molecule has 0 aliphatic heterocycles. The number of aromatic nitrogens is 2. The number of aliphatic hydroxyl groups excluding tert-OH is 1. The number of nitrogens with one attached hydrogen (secondary N) is 1. The topological polar surface area (TPSA) is 160 Å². The van der Waals surface area contributed by atoms with E-state index in [-0.39, 0.29) is 34.8 Å². The number of hydrogen-bond acceptors (Lipinski definition) is 9. The predicted octanol–water partition coefficient (Wildman–Crippen LogP) is 2.71. The van der Waals surface area contributed by atoms with Gasteiger partial charge >= 0.3 is 0 Å². The van der Waals surface area contributed by atoms with Crippen molar-refractivity contribution in [1.82, 2.24) is 14.9 Å². The average Bonchev–Trinajstić information content (AvgIpc) is 2.76. The molecule has 0 unspecified atom stereocenters. The fourth-order valence-electron chi connectivity index (χ4n) is 2.51. The molecule has 2 rings (SSSR count). The number of sulfonamides is 1. The summed E-state index contributed by atoms with van der Waals surface area (Å²) >= 11 is 9.08. The van der Waals surface area contributed by atoms with Crippen molar-refractivity contribution in [3.8, 4) is 5.75 Å². The summed E-state index contributed by atoms with van der Waals surface area (Å²) in [4.78, 5) is 19.5. The average molecular weight is 566 g/mol. The third kappa shape index (κ3) is 8.07. The molecule has 1 atom stereocenters. The molecule has 1 aromatic heterocycles. The van der Waals surface area contributed by atoms with Crippen molar-refractivity contribution in [1.29, 1.82) is 0 Å². The Labute approximate surface area is 204 Å². The lowest BCUT2D eigenvalue weighted by Gasteiger charge is -2.18. The van der Waals surface area contributed by atoms with E-state index in [2.05, 4.69) is 35.6 Å². The van der Waals surface area contributed by atoms with Gasteiger partial charge in [-0.25, -0.2) is 4.98 Å². The molecule has 0 radical (unpaired) electrons. The van der Waals surface area contributed by atoms with Gasteiger partial charge in [0.05, 0.1) is 34.7 Å². The third-order valence-electron chi connectivity index (χ3n) is 4.06. The second-order valence-electron chi connectivity index (χ2n) is 6.90. The standard InChI is InChI=1S/C18H22BrClN6O6S/c1-25(2)11-22-33(30,31)16-6-5-13(26(28)29)8-15(16)32-7-3-4-12(10-27)23-17-14(19)9-21-18(20)24-17/h5-6,8-9,11-12,27H,3-4,7,10H2,1-2H3,(H,21,23,24)/b22-11-/t12-/m0/s1. The van der Waals surface area contributed by atoms with Crippen molar-refractivity contribution < 1.29 is 23.2 Å². The van der Waals surface area contributed by atoms with Crippen molar-refractivity contribution in [2.75, 3.05) is 32.6 Å². The molecular weight excluding hydrogens is 544 g/mol. The first-order chi connectivity index (χ1) is 15.5. The number of anilines is 1. The zero-order chi connectivity index (χ0) is 24.6. The van der Waals surface area contributed by atoms with E-state index in [1.54, 1.807) is 14.1 Å². The molecule has 0 amide bonds. The smallest absolute Gasteiger partial charge is 0.287 e. The Hall–Kier alpha value is -2.55. The number of benzene rings is 1. The Morgan fingerprint density at radius 1 is 1.45 bits per heavy atom. The Bertz CT molecular complexity index is 1120. The van der Waals surface area contributed by atoms with Gasteiger partial charge in [-0.1, -0.05) is 0 Å². The zero-order valence-corrected chi connectivity index (χ0v) is 20.8. The van der Waals surface area contributed by atoms with E-state index in [0.29, 0.717) is 23.1 Å². The Kier molecular flexibility index (Phi) is 9.76. The van der Waals surface area contributed by atoms with Crippen LogP contribution >= 0.6 is 27.5 Å². The minimum Gasteiger partial charge on any atom is -0.492 e. The molecule has 1 aromatic carbocycles. The van der Waals surface area contributed by atoms with Crippen LogP contribution in [0.4, 0.5) is 11.5 Å². The van der Waals surface area contributed by atoms with E-state index < -0.39 is 21.0 Å². The highest BCUT2D eigenvalue weighted by molar-refractivity contribution is 9.10. The molecule has 0 spiro atoms. The molecule has 0 saturated heterocycles. The molecule has 1 heterocycles. The van der Waals surface area contributed by atoms with E-state index in [9.17, 15) is 23.6 Å². The van der Waals surface area contributed by atoms with Gasteiger partial charge in [0.1, 0.15) is 22.8 Å². The Morgan fingerprint density at radius 2 is 2.18 bits per heavy atom. The lowest BCUT2D eigenvalue weighted by Crippen LogP contribution is -2.25. The largest absolute Gasteiger partial charge is 0.492 e. The summed E-state index contributed by atoms with van der Waals surface area (Å²) in [6.07, 6.45) is 3.38. The van der Waals surface area contributed by atoms with Gasteiger partial charge in [-0.05, 0) is 46.4 Å². The molecule has 0 bridgehead atoms. The molecule has 15 heteroatoms. The molecule has 0 saturated carbocycles. The summed E-state index contributed by atoms with van der Waals surface area (Å²) < 4.78 is 34.8. The summed E-state index contributed by atoms with van der Waals surface area (Å²) in [6.45, 7) is -0.186. The molecule has 0 aliphatic rings. The molecule has 0 fully saturated rings. The van der Waals surface area contributed by atoms with Gasteiger partial charge in [0.2, 0.25) is 5.28 Å². The van der Waals surface area contributed by atoms with Gasteiger partial charge in [0.25, 0.3) is 15.7 Å². The van der Waals surface area contributed by atoms with Crippen LogP contribution in [-0.2, 0) is 10.0 Å². The van der Waals surface area contributed by atoms with Crippen LogP contribution in [0.15, 0.2) is 38.2 Å². The molecular formula is C18H22BrClN6O6S. The quantitative estimate of drug-likeness (QED) is 0.0977. The highest BCUT2D eigenvalue weighted by Crippen LogP contribution is 2.30. The van der Waals surface area contributed by atoms with Crippen LogP contribution in [0.5, 0.6) is 5.75 Å². The lowest BCUT2D eigenvalue weighted by atomic mass is 10.1. The molecule has 180 valence electrons. The monoisotopic (exact) mass is 564 g/mol. The molecule has 0 aliphatic carbocycles.